The lowest BCUT2D eigenvalue weighted by atomic mass is 9.72. The molecule has 1 aliphatic rings. The highest BCUT2D eigenvalue weighted by Gasteiger charge is 2.29. The molecule has 0 radical (unpaired) electrons. The van der Waals surface area contributed by atoms with Gasteiger partial charge in [-0.05, 0) is 51.4 Å². The van der Waals surface area contributed by atoms with Gasteiger partial charge < -0.3 is 15.3 Å². The number of hydrogen-bond acceptors (Lipinski definition) is 4. The topological polar surface area (TPSA) is 53.9 Å². The largest absolute Gasteiger partial charge is 0.393 e. The maximum absolute atomic E-state index is 9.84. The second-order valence-corrected chi connectivity index (χ2v) is 8.09. The van der Waals surface area contributed by atoms with Crippen molar-refractivity contribution in [3.8, 4) is 0 Å². The van der Waals surface area contributed by atoms with Crippen molar-refractivity contribution in [3.63, 3.8) is 0 Å². The third-order valence-electron chi connectivity index (χ3n) is 3.50. The minimum absolute atomic E-state index is 0.00962. The minimum atomic E-state index is -0.521. The highest BCUT2D eigenvalue weighted by atomic mass is 16.6. The van der Waals surface area contributed by atoms with Crippen LogP contribution in [-0.2, 0) is 4.84 Å². The van der Waals surface area contributed by atoms with Crippen LogP contribution < -0.4 is 5.32 Å². The van der Waals surface area contributed by atoms with Gasteiger partial charge in [-0.3, -0.25) is 0 Å². The summed E-state index contributed by atoms with van der Waals surface area (Å²) in [5, 5.41) is 17.3. The van der Waals surface area contributed by atoms with Crippen LogP contribution in [0, 0.1) is 11.3 Å². The Balaban J connectivity index is 2.33. The van der Waals surface area contributed by atoms with E-state index in [1.165, 1.54) is 6.42 Å². The second kappa shape index (κ2) is 6.90. The Bertz CT molecular complexity index is 332. The molecule has 2 unspecified atom stereocenters. The number of aliphatic hydroxyl groups is 1. The van der Waals surface area contributed by atoms with Gasteiger partial charge in [0.25, 0.3) is 0 Å². The monoisotopic (exact) mass is 284 g/mol. The standard InChI is InChI=1S/C16H32N2O2/c1-12-7-13(9-16(5,6)8-12)18-20-11-14(19)10-17-15(2,3)4/h12,14,17,19H,7-11H2,1-6H3. The fourth-order valence-electron chi connectivity index (χ4n) is 2.88. The van der Waals surface area contributed by atoms with Gasteiger partial charge in [0.15, 0.2) is 0 Å². The molecule has 2 N–H and O–H groups in total. The lowest BCUT2D eigenvalue weighted by molar-refractivity contribution is 0.0357. The highest BCUT2D eigenvalue weighted by molar-refractivity contribution is 5.85. The van der Waals surface area contributed by atoms with E-state index in [0.29, 0.717) is 17.9 Å². The Morgan fingerprint density at radius 1 is 1.45 bits per heavy atom. The van der Waals surface area contributed by atoms with Crippen molar-refractivity contribution in [1.82, 2.24) is 5.32 Å². The van der Waals surface area contributed by atoms with Gasteiger partial charge in [0, 0.05) is 12.1 Å². The van der Waals surface area contributed by atoms with E-state index in [0.717, 1.165) is 18.6 Å². The van der Waals surface area contributed by atoms with Crippen LogP contribution in [0.3, 0.4) is 0 Å². The van der Waals surface area contributed by atoms with E-state index in [2.05, 4.69) is 52.0 Å². The van der Waals surface area contributed by atoms with Crippen molar-refractivity contribution >= 4 is 5.71 Å². The number of oxime groups is 1. The van der Waals surface area contributed by atoms with E-state index in [9.17, 15) is 5.11 Å². The molecule has 1 rings (SSSR count). The van der Waals surface area contributed by atoms with Crippen LogP contribution in [0.15, 0.2) is 5.16 Å². The van der Waals surface area contributed by atoms with Crippen LogP contribution in [0.2, 0.25) is 0 Å². The van der Waals surface area contributed by atoms with Gasteiger partial charge in [-0.1, -0.05) is 25.9 Å². The van der Waals surface area contributed by atoms with Crippen LogP contribution in [0.5, 0.6) is 0 Å². The van der Waals surface area contributed by atoms with Crippen LogP contribution >= 0.6 is 0 Å². The van der Waals surface area contributed by atoms with Crippen LogP contribution in [0.1, 0.15) is 60.8 Å². The fourth-order valence-corrected chi connectivity index (χ4v) is 2.88. The van der Waals surface area contributed by atoms with E-state index in [4.69, 9.17) is 4.84 Å². The maximum atomic E-state index is 9.84. The molecule has 0 aromatic heterocycles. The predicted octanol–water partition coefficient (Wildman–Crippen LogP) is 2.95. The molecule has 0 aromatic carbocycles. The first-order valence-corrected chi connectivity index (χ1v) is 7.68. The number of nitrogens with one attached hydrogen (secondary N) is 1. The summed E-state index contributed by atoms with van der Waals surface area (Å²) in [4.78, 5) is 5.34. The summed E-state index contributed by atoms with van der Waals surface area (Å²) in [6.45, 7) is 13.8. The molecule has 118 valence electrons. The van der Waals surface area contributed by atoms with E-state index in [-0.39, 0.29) is 12.1 Å². The third-order valence-corrected chi connectivity index (χ3v) is 3.50. The number of hydrogen-bond donors (Lipinski definition) is 2. The Hall–Kier alpha value is -0.610. The Morgan fingerprint density at radius 3 is 2.65 bits per heavy atom. The van der Waals surface area contributed by atoms with Gasteiger partial charge >= 0.3 is 0 Å². The molecule has 0 saturated heterocycles. The van der Waals surface area contributed by atoms with Crippen LogP contribution in [0.25, 0.3) is 0 Å². The quantitative estimate of drug-likeness (QED) is 0.763. The molecule has 1 saturated carbocycles. The summed E-state index contributed by atoms with van der Waals surface area (Å²) < 4.78 is 0. The number of nitrogens with zero attached hydrogens (tertiary/aromatic N) is 1. The molecule has 2 atom stereocenters. The zero-order chi connectivity index (χ0) is 15.4. The molecule has 4 heteroatoms. The second-order valence-electron chi connectivity index (χ2n) is 8.09. The normalized spacial score (nSPS) is 26.6. The summed E-state index contributed by atoms with van der Waals surface area (Å²) in [5.41, 5.74) is 1.45. The Labute approximate surface area is 124 Å². The van der Waals surface area contributed by atoms with Crippen molar-refractivity contribution in [2.45, 2.75) is 72.4 Å². The van der Waals surface area contributed by atoms with Crippen LogP contribution in [-0.4, -0.2) is 35.6 Å². The average Bonchev–Trinajstić information content (AvgIpc) is 2.22. The first-order chi connectivity index (χ1) is 9.07. The molecule has 1 fully saturated rings. The van der Waals surface area contributed by atoms with Gasteiger partial charge in [0.05, 0.1) is 5.71 Å². The molecule has 0 spiro atoms. The number of β-amino-alcohol motifs (C(OH)–C–C–N with tert-alkyl or cyclic N) is 1. The zero-order valence-corrected chi connectivity index (χ0v) is 14.0. The van der Waals surface area contributed by atoms with Crippen molar-refractivity contribution in [2.75, 3.05) is 13.2 Å². The molecular weight excluding hydrogens is 252 g/mol. The number of rotatable bonds is 5. The predicted molar refractivity (Wildman–Crippen MR) is 83.9 cm³/mol. The summed E-state index contributed by atoms with van der Waals surface area (Å²) in [7, 11) is 0. The Morgan fingerprint density at radius 2 is 2.10 bits per heavy atom. The minimum Gasteiger partial charge on any atom is -0.393 e. The molecule has 0 heterocycles. The first-order valence-electron chi connectivity index (χ1n) is 7.68. The van der Waals surface area contributed by atoms with Gasteiger partial charge in [-0.15, -0.1) is 0 Å². The molecule has 1 aliphatic carbocycles. The molecule has 0 aliphatic heterocycles. The molecular formula is C16H32N2O2. The zero-order valence-electron chi connectivity index (χ0n) is 14.0. The summed E-state index contributed by atoms with van der Waals surface area (Å²) in [6.07, 6.45) is 2.73. The molecule has 0 bridgehead atoms. The van der Waals surface area contributed by atoms with Gasteiger partial charge in [-0.2, -0.15) is 0 Å². The molecule has 20 heavy (non-hydrogen) atoms. The van der Waals surface area contributed by atoms with E-state index in [1.54, 1.807) is 0 Å². The maximum Gasteiger partial charge on any atom is 0.144 e. The van der Waals surface area contributed by atoms with Gasteiger partial charge in [0.2, 0.25) is 0 Å². The van der Waals surface area contributed by atoms with Crippen molar-refractivity contribution in [3.05, 3.63) is 0 Å². The van der Waals surface area contributed by atoms with Crippen LogP contribution in [0.4, 0.5) is 0 Å². The lowest BCUT2D eigenvalue weighted by Gasteiger charge is -2.34. The molecule has 0 amide bonds. The van der Waals surface area contributed by atoms with Gasteiger partial charge in [0.1, 0.15) is 12.7 Å². The smallest absolute Gasteiger partial charge is 0.144 e. The van der Waals surface area contributed by atoms with Gasteiger partial charge in [-0.25, -0.2) is 0 Å². The summed E-state index contributed by atoms with van der Waals surface area (Å²) in [6, 6.07) is 0. The van der Waals surface area contributed by atoms with Crippen molar-refractivity contribution in [1.29, 1.82) is 0 Å². The SMILES string of the molecule is CC1CC(=NOCC(O)CNC(C)(C)C)CC(C)(C)C1. The van der Waals surface area contributed by atoms with E-state index < -0.39 is 6.10 Å². The third kappa shape index (κ3) is 7.25. The van der Waals surface area contributed by atoms with E-state index >= 15 is 0 Å². The van der Waals surface area contributed by atoms with E-state index in [1.807, 2.05) is 0 Å². The van der Waals surface area contributed by atoms with Crippen molar-refractivity contribution in [2.24, 2.45) is 16.5 Å². The fraction of sp³-hybridized carbons (Fsp3) is 0.938. The molecule has 4 nitrogen and oxygen atoms in total. The first kappa shape index (κ1) is 17.4. The summed E-state index contributed by atoms with van der Waals surface area (Å²) in [5.74, 6) is 0.661. The highest BCUT2D eigenvalue weighted by Crippen LogP contribution is 2.36. The number of aliphatic hydroxyl groups excluding tert-OH is 1. The lowest BCUT2D eigenvalue weighted by Crippen LogP contribution is -2.42. The Kier molecular flexibility index (Phi) is 6.02. The average molecular weight is 284 g/mol. The summed E-state index contributed by atoms with van der Waals surface area (Å²) >= 11 is 0. The molecule has 0 aromatic rings. The van der Waals surface area contributed by atoms with Crippen molar-refractivity contribution < 1.29 is 9.94 Å².